The van der Waals surface area contributed by atoms with Crippen LogP contribution in [0.15, 0.2) is 76.4 Å². The molecule has 1 aliphatic heterocycles. The molecule has 0 radical (unpaired) electrons. The number of hydrogen-bond acceptors (Lipinski definition) is 5. The molecule has 32 heavy (non-hydrogen) atoms. The Balaban J connectivity index is 1.42. The van der Waals surface area contributed by atoms with Crippen molar-refractivity contribution in [3.63, 3.8) is 0 Å². The summed E-state index contributed by atoms with van der Waals surface area (Å²) < 4.78 is 13.7. The SMILES string of the molecule is Cc1cn([C@H]2C[C@H](COCc3ccccc3)[C@@H](COCc3ccccc3)S2)c(=O)[nH]c1=O. The first-order valence-corrected chi connectivity index (χ1v) is 11.8. The smallest absolute Gasteiger partial charge is 0.329 e. The van der Waals surface area contributed by atoms with Gasteiger partial charge in [0.2, 0.25) is 0 Å². The number of nitrogens with zero attached hydrogens (tertiary/aromatic N) is 1. The molecule has 3 aromatic rings. The molecule has 6 nitrogen and oxygen atoms in total. The van der Waals surface area contributed by atoms with Crippen LogP contribution in [-0.4, -0.2) is 28.0 Å². The van der Waals surface area contributed by atoms with Crippen molar-refractivity contribution < 1.29 is 9.47 Å². The Bertz CT molecular complexity index is 1060. The Morgan fingerprint density at radius 3 is 2.16 bits per heavy atom. The van der Waals surface area contributed by atoms with Crippen LogP contribution in [0.4, 0.5) is 0 Å². The van der Waals surface area contributed by atoms with E-state index < -0.39 is 0 Å². The minimum atomic E-state index is -0.368. The van der Waals surface area contributed by atoms with Gasteiger partial charge in [-0.05, 0) is 30.4 Å². The van der Waals surface area contributed by atoms with Crippen LogP contribution in [0.3, 0.4) is 0 Å². The molecular formula is C25H28N2O4S. The highest BCUT2D eigenvalue weighted by Crippen LogP contribution is 2.45. The van der Waals surface area contributed by atoms with Crippen LogP contribution in [0.2, 0.25) is 0 Å². The molecule has 2 heterocycles. The second-order valence-corrected chi connectivity index (χ2v) is 9.53. The molecule has 0 spiro atoms. The summed E-state index contributed by atoms with van der Waals surface area (Å²) in [6, 6.07) is 20.2. The van der Waals surface area contributed by atoms with Crippen LogP contribution in [0.25, 0.3) is 0 Å². The van der Waals surface area contributed by atoms with Crippen molar-refractivity contribution in [2.45, 2.75) is 37.2 Å². The van der Waals surface area contributed by atoms with Crippen LogP contribution in [-0.2, 0) is 22.7 Å². The predicted octanol–water partition coefficient (Wildman–Crippen LogP) is 3.90. The van der Waals surface area contributed by atoms with Crippen molar-refractivity contribution in [2.75, 3.05) is 13.2 Å². The maximum absolute atomic E-state index is 12.4. The summed E-state index contributed by atoms with van der Waals surface area (Å²) in [5.41, 5.74) is 2.11. The normalized spacial score (nSPS) is 20.5. The second-order valence-electron chi connectivity index (χ2n) is 8.11. The zero-order valence-electron chi connectivity index (χ0n) is 18.1. The number of benzene rings is 2. The van der Waals surface area contributed by atoms with Crippen molar-refractivity contribution in [1.82, 2.24) is 9.55 Å². The van der Waals surface area contributed by atoms with Crippen molar-refractivity contribution in [2.24, 2.45) is 5.92 Å². The summed E-state index contributed by atoms with van der Waals surface area (Å²) in [6.45, 7) is 4.00. The van der Waals surface area contributed by atoms with Crippen LogP contribution in [0.1, 0.15) is 28.5 Å². The van der Waals surface area contributed by atoms with Crippen LogP contribution in [0, 0.1) is 12.8 Å². The lowest BCUT2D eigenvalue weighted by Crippen LogP contribution is -2.32. The van der Waals surface area contributed by atoms with Crippen molar-refractivity contribution >= 4 is 11.8 Å². The van der Waals surface area contributed by atoms with Gasteiger partial charge in [0.15, 0.2) is 0 Å². The number of aryl methyl sites for hydroxylation is 1. The third-order valence-electron chi connectivity index (χ3n) is 5.66. The molecule has 3 atom stereocenters. The highest BCUT2D eigenvalue weighted by molar-refractivity contribution is 8.00. The molecule has 1 saturated heterocycles. The maximum Gasteiger partial charge on any atom is 0.329 e. The van der Waals surface area contributed by atoms with Gasteiger partial charge in [0, 0.05) is 17.0 Å². The van der Waals surface area contributed by atoms with E-state index in [4.69, 9.17) is 9.47 Å². The van der Waals surface area contributed by atoms with Crippen molar-refractivity contribution in [3.05, 3.63) is 104 Å². The fraction of sp³-hybridized carbons (Fsp3) is 0.360. The Hall–Kier alpha value is -2.61. The molecule has 0 bridgehead atoms. The first-order chi connectivity index (χ1) is 15.6. The molecule has 0 aliphatic carbocycles. The molecule has 1 N–H and O–H groups in total. The molecule has 1 fully saturated rings. The lowest BCUT2D eigenvalue weighted by Gasteiger charge is -2.18. The topological polar surface area (TPSA) is 73.3 Å². The van der Waals surface area contributed by atoms with Gasteiger partial charge in [-0.25, -0.2) is 4.79 Å². The molecule has 4 rings (SSSR count). The lowest BCUT2D eigenvalue weighted by molar-refractivity contribution is 0.0622. The standard InChI is InChI=1S/C25H28N2O4S/c1-18-13-27(25(29)26-24(18)28)23-12-21(16-30-14-19-8-4-2-5-9-19)22(32-23)17-31-15-20-10-6-3-7-11-20/h2-11,13,21-23H,12,14-17H2,1H3,(H,26,28,29)/t21-,22-,23-/m1/s1. The zero-order valence-corrected chi connectivity index (χ0v) is 18.9. The average Bonchev–Trinajstić information content (AvgIpc) is 3.20. The minimum absolute atomic E-state index is 0.0614. The van der Waals surface area contributed by atoms with E-state index in [1.54, 1.807) is 29.4 Å². The van der Waals surface area contributed by atoms with Gasteiger partial charge in [-0.1, -0.05) is 60.7 Å². The molecule has 168 valence electrons. The molecule has 2 aromatic carbocycles. The van der Waals surface area contributed by atoms with Gasteiger partial charge in [-0.15, -0.1) is 11.8 Å². The molecule has 0 amide bonds. The van der Waals surface area contributed by atoms with Crippen LogP contribution in [0.5, 0.6) is 0 Å². The van der Waals surface area contributed by atoms with Crippen LogP contribution >= 0.6 is 11.8 Å². The zero-order chi connectivity index (χ0) is 22.3. The van der Waals surface area contributed by atoms with Crippen molar-refractivity contribution in [1.29, 1.82) is 0 Å². The number of hydrogen-bond donors (Lipinski definition) is 1. The van der Waals surface area contributed by atoms with Gasteiger partial charge in [-0.3, -0.25) is 14.3 Å². The molecule has 0 unspecified atom stereocenters. The Morgan fingerprint density at radius 2 is 1.53 bits per heavy atom. The van der Waals surface area contributed by atoms with Gasteiger partial charge in [-0.2, -0.15) is 0 Å². The molecule has 7 heteroatoms. The summed E-state index contributed by atoms with van der Waals surface area (Å²) >= 11 is 1.72. The fourth-order valence-corrected chi connectivity index (χ4v) is 5.51. The summed E-state index contributed by atoms with van der Waals surface area (Å²) in [4.78, 5) is 26.6. The Morgan fingerprint density at radius 1 is 0.938 bits per heavy atom. The number of rotatable bonds is 9. The largest absolute Gasteiger partial charge is 0.376 e. The Labute approximate surface area is 191 Å². The molecule has 0 saturated carbocycles. The van der Waals surface area contributed by atoms with Crippen LogP contribution < -0.4 is 11.2 Å². The van der Waals surface area contributed by atoms with E-state index in [0.29, 0.717) is 32.0 Å². The summed E-state index contributed by atoms with van der Waals surface area (Å²) in [5.74, 6) is 0.239. The van der Waals surface area contributed by atoms with Gasteiger partial charge < -0.3 is 9.47 Å². The first kappa shape index (κ1) is 22.6. The van der Waals surface area contributed by atoms with E-state index in [1.807, 2.05) is 48.5 Å². The van der Waals surface area contributed by atoms with Gasteiger partial charge >= 0.3 is 5.69 Å². The van der Waals surface area contributed by atoms with E-state index in [1.165, 1.54) is 0 Å². The second kappa shape index (κ2) is 10.8. The summed E-state index contributed by atoms with van der Waals surface area (Å²) in [5, 5.41) is 0.132. The molecular weight excluding hydrogens is 424 g/mol. The lowest BCUT2D eigenvalue weighted by atomic mass is 10.0. The quantitative estimate of drug-likeness (QED) is 0.533. The maximum atomic E-state index is 12.4. The van der Waals surface area contributed by atoms with Gasteiger partial charge in [0.05, 0.1) is 31.8 Å². The van der Waals surface area contributed by atoms with Gasteiger partial charge in [0.25, 0.3) is 5.56 Å². The highest BCUT2D eigenvalue weighted by atomic mass is 32.2. The fourth-order valence-electron chi connectivity index (χ4n) is 3.88. The number of nitrogens with one attached hydrogen (secondary N) is 1. The van der Waals surface area contributed by atoms with E-state index in [2.05, 4.69) is 17.1 Å². The highest BCUT2D eigenvalue weighted by Gasteiger charge is 2.36. The van der Waals surface area contributed by atoms with E-state index in [0.717, 1.165) is 17.5 Å². The van der Waals surface area contributed by atoms with Crippen molar-refractivity contribution in [3.8, 4) is 0 Å². The predicted molar refractivity (Wildman–Crippen MR) is 127 cm³/mol. The van der Waals surface area contributed by atoms with E-state index in [9.17, 15) is 9.59 Å². The average molecular weight is 453 g/mol. The number of ether oxygens (including phenoxy) is 2. The number of aromatic nitrogens is 2. The third kappa shape index (κ3) is 5.79. The van der Waals surface area contributed by atoms with E-state index in [-0.39, 0.29) is 27.8 Å². The number of thioether (sulfide) groups is 1. The number of H-pyrrole nitrogens is 1. The molecule has 1 aromatic heterocycles. The summed E-state index contributed by atoms with van der Waals surface area (Å²) in [7, 11) is 0. The first-order valence-electron chi connectivity index (χ1n) is 10.8. The third-order valence-corrected chi connectivity index (χ3v) is 7.26. The monoisotopic (exact) mass is 452 g/mol. The van der Waals surface area contributed by atoms with E-state index >= 15 is 0 Å². The Kier molecular flexibility index (Phi) is 7.63. The molecule has 1 aliphatic rings. The van der Waals surface area contributed by atoms with Gasteiger partial charge in [0.1, 0.15) is 0 Å². The number of aromatic amines is 1. The summed E-state index contributed by atoms with van der Waals surface area (Å²) in [6.07, 6.45) is 2.44. The minimum Gasteiger partial charge on any atom is -0.376 e.